The molecule has 2 rings (SSSR count). The molecule has 0 heterocycles. The van der Waals surface area contributed by atoms with Crippen molar-refractivity contribution in [2.75, 3.05) is 18.9 Å². The number of halogens is 2. The highest BCUT2D eigenvalue weighted by atomic mass is 35.7. The second kappa shape index (κ2) is 7.62. The highest BCUT2D eigenvalue weighted by molar-refractivity contribution is 8.13. The monoisotopic (exact) mass is 384 g/mol. The maximum absolute atomic E-state index is 12.9. The van der Waals surface area contributed by atoms with Crippen molar-refractivity contribution >= 4 is 37.2 Å². The van der Waals surface area contributed by atoms with E-state index in [-0.39, 0.29) is 17.0 Å². The van der Waals surface area contributed by atoms with Crippen LogP contribution in [0.5, 0.6) is 0 Å². The van der Waals surface area contributed by atoms with Crippen LogP contribution in [0.3, 0.4) is 0 Å². The number of hydrogen-bond acceptors (Lipinski definition) is 4. The number of benzene rings is 2. The number of nitrogens with one attached hydrogen (secondary N) is 1. The van der Waals surface area contributed by atoms with Crippen LogP contribution in [0.4, 0.5) is 10.1 Å². The molecule has 25 heavy (non-hydrogen) atoms. The summed E-state index contributed by atoms with van der Waals surface area (Å²) in [6, 6.07) is 10.3. The molecular formula is C16H14ClFN2O4S. The molecule has 2 aromatic rings. The van der Waals surface area contributed by atoms with E-state index in [9.17, 15) is 22.4 Å². The molecule has 1 N–H and O–H groups in total. The Morgan fingerprint density at radius 2 is 1.64 bits per heavy atom. The van der Waals surface area contributed by atoms with Crippen molar-refractivity contribution in [2.45, 2.75) is 4.90 Å². The number of hydrogen-bond donors (Lipinski definition) is 1. The van der Waals surface area contributed by atoms with E-state index in [4.69, 9.17) is 10.7 Å². The van der Waals surface area contributed by atoms with E-state index in [1.165, 1.54) is 48.3 Å². The average Bonchev–Trinajstić information content (AvgIpc) is 2.54. The van der Waals surface area contributed by atoms with Gasteiger partial charge in [-0.05, 0) is 48.5 Å². The van der Waals surface area contributed by atoms with Crippen LogP contribution < -0.4 is 5.32 Å². The highest BCUT2D eigenvalue weighted by Crippen LogP contribution is 2.17. The molecule has 0 atom stereocenters. The SMILES string of the molecule is CN(CC(=O)Nc1ccc(S(=O)(=O)Cl)cc1)C(=O)c1ccc(F)cc1. The molecule has 0 bridgehead atoms. The molecule has 0 fully saturated rings. The van der Waals surface area contributed by atoms with E-state index in [1.54, 1.807) is 0 Å². The Bertz CT molecular complexity index is 883. The molecule has 0 unspecified atom stereocenters. The van der Waals surface area contributed by atoms with Crippen molar-refractivity contribution < 1.29 is 22.4 Å². The molecule has 0 spiro atoms. The van der Waals surface area contributed by atoms with Crippen LogP contribution in [0.1, 0.15) is 10.4 Å². The molecule has 0 saturated heterocycles. The van der Waals surface area contributed by atoms with Crippen molar-refractivity contribution in [3.05, 3.63) is 59.9 Å². The number of nitrogens with zero attached hydrogens (tertiary/aromatic N) is 1. The number of anilines is 1. The van der Waals surface area contributed by atoms with Crippen LogP contribution in [-0.4, -0.2) is 38.7 Å². The van der Waals surface area contributed by atoms with Gasteiger partial charge in [0, 0.05) is 29.0 Å². The largest absolute Gasteiger partial charge is 0.332 e. The molecule has 2 aromatic carbocycles. The first-order valence-corrected chi connectivity index (χ1v) is 9.33. The summed E-state index contributed by atoms with van der Waals surface area (Å²) in [7, 11) is 2.81. The molecule has 0 aliphatic carbocycles. The first-order chi connectivity index (χ1) is 11.7. The third-order valence-corrected chi connectivity index (χ3v) is 4.61. The van der Waals surface area contributed by atoms with Crippen molar-refractivity contribution in [1.29, 1.82) is 0 Å². The number of carbonyl (C=O) groups excluding carboxylic acids is 2. The first kappa shape index (κ1) is 18.9. The molecule has 0 aliphatic rings. The number of likely N-dealkylation sites (N-methyl/N-ethyl adjacent to an activating group) is 1. The van der Waals surface area contributed by atoms with Gasteiger partial charge in [-0.15, -0.1) is 0 Å². The van der Waals surface area contributed by atoms with E-state index >= 15 is 0 Å². The fourth-order valence-corrected chi connectivity index (χ4v) is 2.77. The van der Waals surface area contributed by atoms with Gasteiger partial charge in [0.1, 0.15) is 5.82 Å². The minimum Gasteiger partial charge on any atom is -0.332 e. The molecule has 0 aromatic heterocycles. The summed E-state index contributed by atoms with van der Waals surface area (Å²) in [5.41, 5.74) is 0.616. The van der Waals surface area contributed by atoms with Crippen LogP contribution in [-0.2, 0) is 13.8 Å². The van der Waals surface area contributed by atoms with E-state index in [0.717, 1.165) is 12.1 Å². The van der Waals surface area contributed by atoms with E-state index < -0.39 is 26.7 Å². The first-order valence-electron chi connectivity index (χ1n) is 7.02. The molecule has 0 saturated carbocycles. The van der Waals surface area contributed by atoms with E-state index in [2.05, 4.69) is 5.32 Å². The molecule has 0 aliphatic heterocycles. The maximum Gasteiger partial charge on any atom is 0.261 e. The van der Waals surface area contributed by atoms with Gasteiger partial charge in [-0.1, -0.05) is 0 Å². The lowest BCUT2D eigenvalue weighted by atomic mass is 10.2. The number of rotatable bonds is 5. The minimum absolute atomic E-state index is 0.0872. The summed E-state index contributed by atoms with van der Waals surface area (Å²) in [5, 5.41) is 2.54. The fourth-order valence-electron chi connectivity index (χ4n) is 2.00. The van der Waals surface area contributed by atoms with Crippen molar-refractivity contribution in [2.24, 2.45) is 0 Å². The maximum atomic E-state index is 12.9. The molecule has 132 valence electrons. The van der Waals surface area contributed by atoms with Gasteiger partial charge in [0.15, 0.2) is 0 Å². The summed E-state index contributed by atoms with van der Waals surface area (Å²) in [6.45, 7) is -0.230. The zero-order valence-electron chi connectivity index (χ0n) is 13.1. The summed E-state index contributed by atoms with van der Waals surface area (Å²) >= 11 is 0. The van der Waals surface area contributed by atoms with Crippen molar-refractivity contribution in [3.63, 3.8) is 0 Å². The van der Waals surface area contributed by atoms with Gasteiger partial charge in [-0.25, -0.2) is 12.8 Å². The lowest BCUT2D eigenvalue weighted by Crippen LogP contribution is -2.34. The second-order valence-electron chi connectivity index (χ2n) is 5.18. The number of amides is 2. The Balaban J connectivity index is 1.97. The third kappa shape index (κ3) is 5.27. The van der Waals surface area contributed by atoms with Crippen LogP contribution in [0.25, 0.3) is 0 Å². The zero-order chi connectivity index (χ0) is 18.6. The summed E-state index contributed by atoms with van der Waals surface area (Å²) < 4.78 is 35.2. The average molecular weight is 385 g/mol. The quantitative estimate of drug-likeness (QED) is 0.802. The molecule has 6 nitrogen and oxygen atoms in total. The number of carbonyl (C=O) groups is 2. The standard InChI is InChI=1S/C16H14ClFN2O4S/c1-20(16(22)11-2-4-12(18)5-3-11)10-15(21)19-13-6-8-14(9-7-13)25(17,23)24/h2-9H,10H2,1H3,(H,19,21). The molecule has 0 radical (unpaired) electrons. The van der Waals surface area contributed by atoms with Crippen LogP contribution in [0, 0.1) is 5.82 Å². The highest BCUT2D eigenvalue weighted by Gasteiger charge is 2.15. The van der Waals surface area contributed by atoms with E-state index in [0.29, 0.717) is 5.69 Å². The Hall–Kier alpha value is -2.45. The smallest absolute Gasteiger partial charge is 0.261 e. The predicted molar refractivity (Wildman–Crippen MR) is 91.5 cm³/mol. The Morgan fingerprint density at radius 3 is 2.16 bits per heavy atom. The van der Waals surface area contributed by atoms with Gasteiger partial charge >= 0.3 is 0 Å². The van der Waals surface area contributed by atoms with Crippen molar-refractivity contribution in [1.82, 2.24) is 4.90 Å². The second-order valence-corrected chi connectivity index (χ2v) is 7.74. The normalized spacial score (nSPS) is 11.0. The van der Waals surface area contributed by atoms with Gasteiger partial charge in [-0.2, -0.15) is 0 Å². The molecule has 2 amide bonds. The zero-order valence-corrected chi connectivity index (χ0v) is 14.6. The lowest BCUT2D eigenvalue weighted by molar-refractivity contribution is -0.116. The van der Waals surface area contributed by atoms with Gasteiger partial charge in [0.05, 0.1) is 11.4 Å². The van der Waals surface area contributed by atoms with Crippen LogP contribution in [0.15, 0.2) is 53.4 Å². The fraction of sp³-hybridized carbons (Fsp3) is 0.125. The Labute approximate surface area is 148 Å². The summed E-state index contributed by atoms with van der Waals surface area (Å²) in [5.74, 6) is -1.36. The van der Waals surface area contributed by atoms with Crippen LogP contribution >= 0.6 is 10.7 Å². The lowest BCUT2D eigenvalue weighted by Gasteiger charge is -2.17. The topological polar surface area (TPSA) is 83.6 Å². The minimum atomic E-state index is -3.83. The molecule has 9 heteroatoms. The molecular weight excluding hydrogens is 371 g/mol. The summed E-state index contributed by atoms with van der Waals surface area (Å²) in [4.78, 5) is 25.2. The Morgan fingerprint density at radius 1 is 1.08 bits per heavy atom. The van der Waals surface area contributed by atoms with Crippen LogP contribution in [0.2, 0.25) is 0 Å². The Kier molecular flexibility index (Phi) is 5.76. The van der Waals surface area contributed by atoms with Gasteiger partial charge < -0.3 is 10.2 Å². The van der Waals surface area contributed by atoms with Crippen molar-refractivity contribution in [3.8, 4) is 0 Å². The third-order valence-electron chi connectivity index (χ3n) is 3.24. The van der Waals surface area contributed by atoms with Gasteiger partial charge in [0.2, 0.25) is 5.91 Å². The summed E-state index contributed by atoms with van der Waals surface area (Å²) in [6.07, 6.45) is 0. The predicted octanol–water partition coefficient (Wildman–Crippen LogP) is 2.46. The van der Waals surface area contributed by atoms with Gasteiger partial charge in [0.25, 0.3) is 15.0 Å². The van der Waals surface area contributed by atoms with E-state index in [1.807, 2.05) is 0 Å². The van der Waals surface area contributed by atoms with Gasteiger partial charge in [-0.3, -0.25) is 9.59 Å².